The highest BCUT2D eigenvalue weighted by molar-refractivity contribution is 14.0. The molecule has 0 aliphatic rings. The van der Waals surface area contributed by atoms with Crippen LogP contribution in [0.5, 0.6) is 0 Å². The predicted molar refractivity (Wildman–Crippen MR) is 110 cm³/mol. The van der Waals surface area contributed by atoms with Crippen LogP contribution < -0.4 is 5.32 Å². The van der Waals surface area contributed by atoms with E-state index in [1.54, 1.807) is 14.2 Å². The van der Waals surface area contributed by atoms with Gasteiger partial charge in [-0.3, -0.25) is 4.99 Å². The second-order valence-corrected chi connectivity index (χ2v) is 5.95. The number of unbranched alkanes of at least 4 members (excludes halogenated alkanes) is 2. The summed E-state index contributed by atoms with van der Waals surface area (Å²) in [5.41, 5.74) is 1.10. The van der Waals surface area contributed by atoms with E-state index < -0.39 is 0 Å². The van der Waals surface area contributed by atoms with Gasteiger partial charge < -0.3 is 15.0 Å². The zero-order valence-corrected chi connectivity index (χ0v) is 17.8. The summed E-state index contributed by atoms with van der Waals surface area (Å²) in [6, 6.07) is 5.68. The van der Waals surface area contributed by atoms with Gasteiger partial charge in [0.25, 0.3) is 0 Å². The Morgan fingerprint density at radius 2 is 1.96 bits per heavy atom. The molecule has 23 heavy (non-hydrogen) atoms. The number of methoxy groups -OCH3 is 1. The number of hydrogen-bond acceptors (Lipinski definition) is 2. The summed E-state index contributed by atoms with van der Waals surface area (Å²) in [5, 5.41) is 4.52. The van der Waals surface area contributed by atoms with Gasteiger partial charge in [-0.1, -0.05) is 29.3 Å². The molecule has 7 heteroatoms. The van der Waals surface area contributed by atoms with Gasteiger partial charge in [0.05, 0.1) is 10.0 Å². The van der Waals surface area contributed by atoms with Crippen molar-refractivity contribution >= 4 is 53.1 Å². The molecule has 0 aliphatic heterocycles. The SMILES string of the molecule is CN=C(NCCCCCOC)N(C)Cc1ccc(Cl)c(Cl)c1.I. The highest BCUT2D eigenvalue weighted by Gasteiger charge is 2.07. The van der Waals surface area contributed by atoms with Crippen molar-refractivity contribution in [2.45, 2.75) is 25.8 Å². The summed E-state index contributed by atoms with van der Waals surface area (Å²) in [6.07, 6.45) is 3.34. The van der Waals surface area contributed by atoms with Crippen molar-refractivity contribution in [3.63, 3.8) is 0 Å². The fraction of sp³-hybridized carbons (Fsp3) is 0.562. The molecule has 0 unspecified atom stereocenters. The van der Waals surface area contributed by atoms with Crippen LogP contribution in [0.1, 0.15) is 24.8 Å². The first-order valence-corrected chi connectivity index (χ1v) is 8.18. The summed E-state index contributed by atoms with van der Waals surface area (Å²) >= 11 is 12.0. The topological polar surface area (TPSA) is 36.9 Å². The van der Waals surface area contributed by atoms with Gasteiger partial charge in [0.1, 0.15) is 0 Å². The molecule has 1 aromatic rings. The molecule has 0 radical (unpaired) electrons. The number of aliphatic imine (C=N–C) groups is 1. The molecule has 132 valence electrons. The molecule has 0 aliphatic carbocycles. The lowest BCUT2D eigenvalue weighted by atomic mass is 10.2. The van der Waals surface area contributed by atoms with Crippen LogP contribution in [0.25, 0.3) is 0 Å². The largest absolute Gasteiger partial charge is 0.385 e. The number of benzene rings is 1. The van der Waals surface area contributed by atoms with E-state index in [2.05, 4.69) is 15.2 Å². The Morgan fingerprint density at radius 1 is 1.22 bits per heavy atom. The first-order valence-electron chi connectivity index (χ1n) is 7.43. The third kappa shape index (κ3) is 8.98. The number of hydrogen-bond donors (Lipinski definition) is 1. The summed E-state index contributed by atoms with van der Waals surface area (Å²) < 4.78 is 5.04. The Bertz CT molecular complexity index is 486. The lowest BCUT2D eigenvalue weighted by Gasteiger charge is -2.22. The third-order valence-corrected chi connectivity index (χ3v) is 4.02. The minimum atomic E-state index is 0. The van der Waals surface area contributed by atoms with Crippen LogP contribution in [0.3, 0.4) is 0 Å². The standard InChI is InChI=1S/C16H25Cl2N3O.HI/c1-19-16(20-9-5-4-6-10-22-3)21(2)12-13-7-8-14(17)15(18)11-13;/h7-8,11H,4-6,9-10,12H2,1-3H3,(H,19,20);1H. The van der Waals surface area contributed by atoms with Gasteiger partial charge >= 0.3 is 0 Å². The van der Waals surface area contributed by atoms with Crippen LogP contribution in [0.4, 0.5) is 0 Å². The van der Waals surface area contributed by atoms with E-state index in [1.165, 1.54) is 0 Å². The summed E-state index contributed by atoms with van der Waals surface area (Å²) in [4.78, 5) is 6.37. The van der Waals surface area contributed by atoms with Crippen LogP contribution in [-0.4, -0.2) is 45.2 Å². The van der Waals surface area contributed by atoms with Gasteiger partial charge in [-0.05, 0) is 37.0 Å². The molecule has 0 atom stereocenters. The van der Waals surface area contributed by atoms with Gasteiger partial charge in [0, 0.05) is 40.9 Å². The molecule has 0 spiro atoms. The monoisotopic (exact) mass is 473 g/mol. The molecule has 4 nitrogen and oxygen atoms in total. The minimum absolute atomic E-state index is 0. The first kappa shape index (κ1) is 22.8. The Hall–Kier alpha value is -0.240. The summed E-state index contributed by atoms with van der Waals surface area (Å²) in [7, 11) is 5.53. The number of halogens is 3. The van der Waals surface area contributed by atoms with E-state index in [0.29, 0.717) is 10.0 Å². The van der Waals surface area contributed by atoms with Crippen LogP contribution in [0, 0.1) is 0 Å². The Balaban J connectivity index is 0.00000484. The van der Waals surface area contributed by atoms with E-state index >= 15 is 0 Å². The van der Waals surface area contributed by atoms with E-state index in [9.17, 15) is 0 Å². The number of guanidine groups is 1. The molecule has 1 N–H and O–H groups in total. The lowest BCUT2D eigenvalue weighted by Crippen LogP contribution is -2.38. The van der Waals surface area contributed by atoms with Crippen molar-refractivity contribution in [1.29, 1.82) is 0 Å². The summed E-state index contributed by atoms with van der Waals surface area (Å²) in [6.45, 7) is 2.45. The number of nitrogens with one attached hydrogen (secondary N) is 1. The smallest absolute Gasteiger partial charge is 0.193 e. The quantitative estimate of drug-likeness (QED) is 0.262. The fourth-order valence-electron chi connectivity index (χ4n) is 2.12. The predicted octanol–water partition coefficient (Wildman–Crippen LogP) is 4.44. The maximum absolute atomic E-state index is 6.05. The van der Waals surface area contributed by atoms with E-state index in [1.807, 2.05) is 25.2 Å². The number of rotatable bonds is 8. The van der Waals surface area contributed by atoms with Gasteiger partial charge in [-0.2, -0.15) is 0 Å². The molecular formula is C16H26Cl2IN3O. The van der Waals surface area contributed by atoms with E-state index in [-0.39, 0.29) is 24.0 Å². The minimum Gasteiger partial charge on any atom is -0.385 e. The average Bonchev–Trinajstić information content (AvgIpc) is 2.50. The molecule has 0 aromatic heterocycles. The highest BCUT2D eigenvalue weighted by atomic mass is 127. The zero-order chi connectivity index (χ0) is 16.4. The van der Waals surface area contributed by atoms with Crippen LogP contribution in [-0.2, 0) is 11.3 Å². The molecule has 0 saturated carbocycles. The van der Waals surface area contributed by atoms with Crippen LogP contribution >= 0.6 is 47.2 Å². The van der Waals surface area contributed by atoms with Crippen LogP contribution in [0.15, 0.2) is 23.2 Å². The normalized spacial score (nSPS) is 11.1. The first-order chi connectivity index (χ1) is 10.6. The van der Waals surface area contributed by atoms with Crippen molar-refractivity contribution in [1.82, 2.24) is 10.2 Å². The third-order valence-electron chi connectivity index (χ3n) is 3.29. The second-order valence-electron chi connectivity index (χ2n) is 5.13. The molecule has 0 bridgehead atoms. The van der Waals surface area contributed by atoms with Crippen molar-refractivity contribution < 1.29 is 4.74 Å². The molecule has 0 fully saturated rings. The summed E-state index contributed by atoms with van der Waals surface area (Å²) in [5.74, 6) is 0.873. The Kier molecular flexibility index (Phi) is 13.0. The fourth-order valence-corrected chi connectivity index (χ4v) is 2.44. The van der Waals surface area contributed by atoms with Crippen LogP contribution in [0.2, 0.25) is 10.0 Å². The highest BCUT2D eigenvalue weighted by Crippen LogP contribution is 2.23. The van der Waals surface area contributed by atoms with E-state index in [0.717, 1.165) is 50.5 Å². The maximum atomic E-state index is 6.05. The molecule has 1 rings (SSSR count). The van der Waals surface area contributed by atoms with Crippen molar-refractivity contribution in [3.8, 4) is 0 Å². The van der Waals surface area contributed by atoms with Gasteiger partial charge in [0.15, 0.2) is 5.96 Å². The van der Waals surface area contributed by atoms with Gasteiger partial charge in [-0.15, -0.1) is 24.0 Å². The van der Waals surface area contributed by atoms with E-state index in [4.69, 9.17) is 27.9 Å². The second kappa shape index (κ2) is 13.1. The molecule has 0 amide bonds. The maximum Gasteiger partial charge on any atom is 0.193 e. The molecule has 1 aromatic carbocycles. The van der Waals surface area contributed by atoms with Gasteiger partial charge in [0.2, 0.25) is 0 Å². The molecular weight excluding hydrogens is 448 g/mol. The van der Waals surface area contributed by atoms with Crippen molar-refractivity contribution in [3.05, 3.63) is 33.8 Å². The molecule has 0 saturated heterocycles. The molecule has 0 heterocycles. The van der Waals surface area contributed by atoms with Crippen molar-refractivity contribution in [2.24, 2.45) is 4.99 Å². The Labute approximate surface area is 166 Å². The van der Waals surface area contributed by atoms with Crippen molar-refractivity contribution in [2.75, 3.05) is 34.4 Å². The average molecular weight is 474 g/mol. The zero-order valence-electron chi connectivity index (χ0n) is 13.9. The lowest BCUT2D eigenvalue weighted by molar-refractivity contribution is 0.192. The Morgan fingerprint density at radius 3 is 2.57 bits per heavy atom. The number of nitrogens with zero attached hydrogens (tertiary/aromatic N) is 2. The number of ether oxygens (including phenoxy) is 1. The van der Waals surface area contributed by atoms with Gasteiger partial charge in [-0.25, -0.2) is 0 Å².